The molecule has 0 radical (unpaired) electrons. The summed E-state index contributed by atoms with van der Waals surface area (Å²) in [7, 11) is 1.65. The molecule has 202 valence electrons. The van der Waals surface area contributed by atoms with Gasteiger partial charge in [-0.25, -0.2) is 0 Å². The van der Waals surface area contributed by atoms with Crippen molar-refractivity contribution in [3.8, 4) is 5.75 Å². The van der Waals surface area contributed by atoms with Crippen molar-refractivity contribution in [1.82, 2.24) is 15.5 Å². The van der Waals surface area contributed by atoms with Crippen molar-refractivity contribution in [3.63, 3.8) is 0 Å². The van der Waals surface area contributed by atoms with Gasteiger partial charge in [-0.1, -0.05) is 48.6 Å². The molecule has 0 spiro atoms. The summed E-state index contributed by atoms with van der Waals surface area (Å²) in [6.45, 7) is 1.26. The predicted molar refractivity (Wildman–Crippen MR) is 144 cm³/mol. The van der Waals surface area contributed by atoms with Crippen molar-refractivity contribution in [2.24, 2.45) is 0 Å². The van der Waals surface area contributed by atoms with Crippen molar-refractivity contribution in [2.45, 2.75) is 62.4 Å². The smallest absolute Gasteiger partial charge is 0.243 e. The Morgan fingerprint density at radius 1 is 1.11 bits per heavy atom. The SMILES string of the molecule is COc1ccc2c(c1)C1CC2OCC=CCC(N2CCCC2=O)C(=O)N[C@@H](Cc2ccccc2)[C@H](O)CN1. The van der Waals surface area contributed by atoms with E-state index in [4.69, 9.17) is 9.47 Å². The molecule has 8 heteroatoms. The summed E-state index contributed by atoms with van der Waals surface area (Å²) in [5.74, 6) is 0.541. The van der Waals surface area contributed by atoms with Gasteiger partial charge < -0.3 is 30.1 Å². The highest BCUT2D eigenvalue weighted by Gasteiger charge is 2.36. The molecule has 5 atom stereocenters. The number of β-amino-alcohol motifs (C(OH)–C–C–N with tert-alkyl or cyclic N) is 1. The van der Waals surface area contributed by atoms with Crippen LogP contribution in [0.5, 0.6) is 5.75 Å². The Bertz CT molecular complexity index is 1150. The van der Waals surface area contributed by atoms with Crippen molar-refractivity contribution in [2.75, 3.05) is 26.8 Å². The highest BCUT2D eigenvalue weighted by Crippen LogP contribution is 2.42. The van der Waals surface area contributed by atoms with E-state index in [0.717, 1.165) is 35.3 Å². The van der Waals surface area contributed by atoms with Gasteiger partial charge in [-0.2, -0.15) is 0 Å². The molecule has 2 aromatic carbocycles. The monoisotopic (exact) mass is 519 g/mol. The number of aliphatic hydroxyl groups is 1. The van der Waals surface area contributed by atoms with E-state index in [1.807, 2.05) is 54.6 Å². The Kier molecular flexibility index (Phi) is 8.42. The van der Waals surface area contributed by atoms with Crippen LogP contribution in [0.2, 0.25) is 0 Å². The van der Waals surface area contributed by atoms with Gasteiger partial charge in [0.25, 0.3) is 0 Å². The number of rotatable bonds is 4. The minimum atomic E-state index is -0.844. The average Bonchev–Trinajstić information content (AvgIpc) is 3.51. The molecule has 0 saturated carbocycles. The molecule has 1 fully saturated rings. The number of methoxy groups -OCH3 is 1. The fraction of sp³-hybridized carbons (Fsp3) is 0.467. The molecule has 3 aliphatic rings. The Morgan fingerprint density at radius 3 is 2.71 bits per heavy atom. The molecule has 0 aromatic heterocycles. The van der Waals surface area contributed by atoms with E-state index >= 15 is 0 Å². The summed E-state index contributed by atoms with van der Waals surface area (Å²) < 4.78 is 11.7. The molecule has 1 saturated heterocycles. The lowest BCUT2D eigenvalue weighted by Crippen LogP contribution is -2.55. The molecule has 5 rings (SSSR count). The number of fused-ring (bicyclic) bond motifs is 5. The first-order valence-corrected chi connectivity index (χ1v) is 13.5. The molecule has 2 amide bonds. The van der Waals surface area contributed by atoms with Gasteiger partial charge in [-0.3, -0.25) is 9.59 Å². The van der Waals surface area contributed by atoms with Crippen molar-refractivity contribution >= 4 is 11.8 Å². The second-order valence-corrected chi connectivity index (χ2v) is 10.3. The van der Waals surface area contributed by atoms with E-state index in [9.17, 15) is 14.7 Å². The van der Waals surface area contributed by atoms with E-state index in [2.05, 4.69) is 16.7 Å². The molecule has 1 aliphatic carbocycles. The number of nitrogens with zero attached hydrogens (tertiary/aromatic N) is 1. The lowest BCUT2D eigenvalue weighted by molar-refractivity contribution is -0.138. The van der Waals surface area contributed by atoms with E-state index in [1.165, 1.54) is 0 Å². The minimum absolute atomic E-state index is 0.00103. The van der Waals surface area contributed by atoms with Crippen LogP contribution in [0.4, 0.5) is 0 Å². The number of amides is 2. The second-order valence-electron chi connectivity index (χ2n) is 10.3. The van der Waals surface area contributed by atoms with Gasteiger partial charge in [0.2, 0.25) is 11.8 Å². The van der Waals surface area contributed by atoms with Gasteiger partial charge in [0, 0.05) is 25.6 Å². The van der Waals surface area contributed by atoms with Gasteiger partial charge in [0.05, 0.1) is 32.0 Å². The first-order valence-electron chi connectivity index (χ1n) is 13.5. The molecule has 38 heavy (non-hydrogen) atoms. The third-order valence-electron chi connectivity index (χ3n) is 7.84. The number of benzene rings is 2. The van der Waals surface area contributed by atoms with Crippen molar-refractivity contribution in [3.05, 3.63) is 77.4 Å². The van der Waals surface area contributed by atoms with Crippen LogP contribution in [0.1, 0.15) is 54.5 Å². The highest BCUT2D eigenvalue weighted by atomic mass is 16.5. The van der Waals surface area contributed by atoms with E-state index in [1.54, 1.807) is 12.0 Å². The molecule has 2 heterocycles. The normalized spacial score (nSPS) is 28.4. The lowest BCUT2D eigenvalue weighted by atomic mass is 9.99. The molecule has 2 aliphatic heterocycles. The molecule has 3 unspecified atom stereocenters. The van der Waals surface area contributed by atoms with Gasteiger partial charge in [0.15, 0.2) is 0 Å². The number of nitrogens with one attached hydrogen (secondary N) is 2. The minimum Gasteiger partial charge on any atom is -0.497 e. The Labute approximate surface area is 224 Å². The quantitative estimate of drug-likeness (QED) is 0.538. The van der Waals surface area contributed by atoms with Crippen LogP contribution in [-0.4, -0.2) is 66.8 Å². The van der Waals surface area contributed by atoms with E-state index in [0.29, 0.717) is 32.4 Å². The Morgan fingerprint density at radius 2 is 1.95 bits per heavy atom. The maximum atomic E-state index is 13.6. The van der Waals surface area contributed by atoms with Crippen LogP contribution in [0.25, 0.3) is 0 Å². The van der Waals surface area contributed by atoms with Crippen molar-refractivity contribution in [1.29, 1.82) is 0 Å². The predicted octanol–water partition coefficient (Wildman–Crippen LogP) is 2.83. The van der Waals surface area contributed by atoms with Crippen LogP contribution in [0, 0.1) is 0 Å². The van der Waals surface area contributed by atoms with Gasteiger partial charge in [-0.15, -0.1) is 0 Å². The highest BCUT2D eigenvalue weighted by molar-refractivity contribution is 5.89. The number of carbonyl (C=O) groups is 2. The molecular weight excluding hydrogens is 482 g/mol. The lowest BCUT2D eigenvalue weighted by Gasteiger charge is -2.31. The maximum Gasteiger partial charge on any atom is 0.243 e. The largest absolute Gasteiger partial charge is 0.497 e. The Balaban J connectivity index is 1.43. The summed E-state index contributed by atoms with van der Waals surface area (Å²) in [4.78, 5) is 27.8. The van der Waals surface area contributed by atoms with Gasteiger partial charge in [0.1, 0.15) is 11.8 Å². The number of hydrogen-bond donors (Lipinski definition) is 3. The third kappa shape index (κ3) is 5.93. The van der Waals surface area contributed by atoms with Crippen LogP contribution >= 0.6 is 0 Å². The van der Waals surface area contributed by atoms with Gasteiger partial charge in [-0.05, 0) is 54.5 Å². The number of ether oxygens (including phenoxy) is 2. The molecule has 3 N–H and O–H groups in total. The number of aliphatic hydroxyl groups excluding tert-OH is 1. The summed E-state index contributed by atoms with van der Waals surface area (Å²) in [5.41, 5.74) is 3.25. The molecule has 2 aromatic rings. The summed E-state index contributed by atoms with van der Waals surface area (Å²) in [6.07, 6.45) is 5.76. The second kappa shape index (κ2) is 12.1. The summed E-state index contributed by atoms with van der Waals surface area (Å²) >= 11 is 0. The van der Waals surface area contributed by atoms with Crippen LogP contribution in [-0.2, 0) is 20.7 Å². The fourth-order valence-corrected chi connectivity index (χ4v) is 5.77. The fourth-order valence-electron chi connectivity index (χ4n) is 5.77. The first-order chi connectivity index (χ1) is 18.5. The summed E-state index contributed by atoms with van der Waals surface area (Å²) in [5, 5.41) is 18.0. The molecular formula is C30H37N3O5. The number of hydrogen-bond acceptors (Lipinski definition) is 6. The topological polar surface area (TPSA) is 100 Å². The number of likely N-dealkylation sites (tertiary alicyclic amines) is 1. The zero-order valence-electron chi connectivity index (χ0n) is 21.8. The summed E-state index contributed by atoms with van der Waals surface area (Å²) in [6, 6.07) is 14.7. The van der Waals surface area contributed by atoms with E-state index in [-0.39, 0.29) is 30.5 Å². The van der Waals surface area contributed by atoms with Crippen LogP contribution < -0.4 is 15.4 Å². The van der Waals surface area contributed by atoms with Crippen LogP contribution in [0.15, 0.2) is 60.7 Å². The average molecular weight is 520 g/mol. The van der Waals surface area contributed by atoms with Gasteiger partial charge >= 0.3 is 0 Å². The third-order valence-corrected chi connectivity index (χ3v) is 7.84. The zero-order chi connectivity index (χ0) is 26.5. The standard InChI is InChI=1S/C30H37N3O5/c1-37-21-12-13-22-23(17-21)24-18-28(22)38-15-6-5-10-26(33-14-7-11-29(33)35)30(36)32-25(27(34)19-31-24)16-20-8-3-2-4-9-20/h2-6,8-9,12-13,17,24-28,31,34H,7,10-11,14-16,18-19H2,1H3,(H,32,36)/t24?,25-,26?,27+,28?/m0/s1. The maximum absolute atomic E-state index is 13.6. The Hall–Kier alpha value is -3.20. The van der Waals surface area contributed by atoms with Crippen molar-refractivity contribution < 1.29 is 24.2 Å². The zero-order valence-corrected chi connectivity index (χ0v) is 21.8. The molecule has 2 bridgehead atoms. The molecule has 8 nitrogen and oxygen atoms in total. The van der Waals surface area contributed by atoms with E-state index < -0.39 is 18.2 Å². The van der Waals surface area contributed by atoms with Crippen LogP contribution in [0.3, 0.4) is 0 Å². The first kappa shape index (κ1) is 26.4. The number of carbonyl (C=O) groups excluding carboxylic acids is 2.